The summed E-state index contributed by atoms with van der Waals surface area (Å²) in [5, 5.41) is -0.264. The largest absolute Gasteiger partial charge is 0.581 e. The van der Waals surface area contributed by atoms with E-state index in [1.54, 1.807) is 0 Å². The molecule has 0 fully saturated rings. The molecule has 0 unspecified atom stereocenters. The number of rotatable bonds is 0. The van der Waals surface area contributed by atoms with Gasteiger partial charge in [-0.25, -0.2) is 0 Å². The monoisotopic (exact) mass is 141 g/mol. The van der Waals surface area contributed by atoms with Crippen molar-refractivity contribution in [3.63, 3.8) is 0 Å². The summed E-state index contributed by atoms with van der Waals surface area (Å²) in [6.07, 6.45) is -4.92. The van der Waals surface area contributed by atoms with Gasteiger partial charge < -0.3 is 10.9 Å². The van der Waals surface area contributed by atoms with Crippen molar-refractivity contribution >= 4 is 5.91 Å². The third-order valence-electron chi connectivity index (χ3n) is 0.547. The maximum Gasteiger partial charge on any atom is 0.469 e. The van der Waals surface area contributed by atoms with E-state index < -0.39 is 12.1 Å². The molecule has 0 aliphatic heterocycles. The van der Waals surface area contributed by atoms with Crippen LogP contribution in [0.2, 0.25) is 0 Å². The molecule has 0 bridgehead atoms. The average Bonchev–Trinajstić information content (AvgIpc) is 1.62. The lowest BCUT2D eigenvalue weighted by Crippen LogP contribution is -2.33. The van der Waals surface area contributed by atoms with Crippen molar-refractivity contribution in [2.75, 3.05) is 7.05 Å². The number of carbonyl (C=O) groups excluding carboxylic acids is 1. The Hall–Kier alpha value is -0.780. The van der Waals surface area contributed by atoms with Crippen molar-refractivity contribution in [2.45, 2.75) is 6.18 Å². The molecule has 0 saturated heterocycles. The highest BCUT2D eigenvalue weighted by Gasteiger charge is 2.38. The second-order valence-electron chi connectivity index (χ2n) is 1.36. The molecule has 0 aliphatic rings. The molecule has 0 aliphatic carbocycles. The molecule has 0 radical (unpaired) electrons. The molecule has 6 heteroatoms. The molecular formula is C3H4F3N2O-. The zero-order valence-corrected chi connectivity index (χ0v) is 4.49. The average molecular weight is 141 g/mol. The highest BCUT2D eigenvalue weighted by atomic mass is 19.4. The lowest BCUT2D eigenvalue weighted by Gasteiger charge is -2.21. The van der Waals surface area contributed by atoms with Crippen LogP contribution in [0.4, 0.5) is 13.2 Å². The van der Waals surface area contributed by atoms with Crippen LogP contribution in [0.3, 0.4) is 0 Å². The molecule has 0 aromatic rings. The number of hydrogen-bond acceptors (Lipinski definition) is 1. The first-order valence-corrected chi connectivity index (χ1v) is 1.92. The Morgan fingerprint density at radius 3 is 1.89 bits per heavy atom. The predicted molar refractivity (Wildman–Crippen MR) is 23.1 cm³/mol. The van der Waals surface area contributed by atoms with Gasteiger partial charge in [0.15, 0.2) is 0 Å². The fraction of sp³-hybridized carbons (Fsp3) is 0.667. The third kappa shape index (κ3) is 2.31. The Balaban J connectivity index is 4.06. The molecule has 0 heterocycles. The molecule has 54 valence electrons. The van der Waals surface area contributed by atoms with Crippen molar-refractivity contribution in [2.24, 2.45) is 0 Å². The summed E-state index contributed by atoms with van der Waals surface area (Å²) in [7, 11) is 0.718. The molecule has 1 amide bonds. The van der Waals surface area contributed by atoms with E-state index in [0.717, 1.165) is 7.05 Å². The summed E-state index contributed by atoms with van der Waals surface area (Å²) in [6.45, 7) is 0. The lowest BCUT2D eigenvalue weighted by atomic mass is 10.6. The van der Waals surface area contributed by atoms with Crippen LogP contribution in [0.5, 0.6) is 0 Å². The van der Waals surface area contributed by atoms with Crippen LogP contribution in [0.25, 0.3) is 5.84 Å². The summed E-state index contributed by atoms with van der Waals surface area (Å²) in [4.78, 5) is 9.78. The lowest BCUT2D eigenvalue weighted by molar-refractivity contribution is -0.181. The second-order valence-corrected chi connectivity index (χ2v) is 1.36. The van der Waals surface area contributed by atoms with Gasteiger partial charge in [0.2, 0.25) is 0 Å². The van der Waals surface area contributed by atoms with E-state index in [0.29, 0.717) is 0 Å². The van der Waals surface area contributed by atoms with Crippen molar-refractivity contribution < 1.29 is 18.0 Å². The first kappa shape index (κ1) is 8.22. The van der Waals surface area contributed by atoms with E-state index in [4.69, 9.17) is 5.84 Å². The quantitative estimate of drug-likeness (QED) is 0.463. The highest BCUT2D eigenvalue weighted by molar-refractivity contribution is 5.81. The van der Waals surface area contributed by atoms with Crippen molar-refractivity contribution in [1.29, 1.82) is 0 Å². The predicted octanol–water partition coefficient (Wildman–Crippen LogP) is 0.974. The molecule has 0 atom stereocenters. The Morgan fingerprint density at radius 2 is 1.89 bits per heavy atom. The zero-order valence-electron chi connectivity index (χ0n) is 4.49. The van der Waals surface area contributed by atoms with Crippen LogP contribution in [-0.2, 0) is 4.79 Å². The highest BCUT2D eigenvalue weighted by Crippen LogP contribution is 2.16. The minimum absolute atomic E-state index is 0.264. The first-order chi connectivity index (χ1) is 3.85. The number of amides is 1. The van der Waals surface area contributed by atoms with Crippen LogP contribution >= 0.6 is 0 Å². The smallest absolute Gasteiger partial charge is 0.469 e. The Bertz CT molecular complexity index is 119. The Morgan fingerprint density at radius 1 is 1.56 bits per heavy atom. The number of nitrogens with zero attached hydrogens (tertiary/aromatic N) is 1. The van der Waals surface area contributed by atoms with Crippen molar-refractivity contribution in [1.82, 2.24) is 5.01 Å². The molecule has 0 rings (SSSR count). The summed E-state index contributed by atoms with van der Waals surface area (Å²) >= 11 is 0. The number of carbonyl (C=O) groups is 1. The van der Waals surface area contributed by atoms with Gasteiger partial charge in [-0.3, -0.25) is 4.79 Å². The van der Waals surface area contributed by atoms with Gasteiger partial charge in [0.1, 0.15) is 0 Å². The molecule has 3 nitrogen and oxygen atoms in total. The minimum atomic E-state index is -4.92. The van der Waals surface area contributed by atoms with Gasteiger partial charge in [0.05, 0.1) is 0 Å². The van der Waals surface area contributed by atoms with E-state index in [9.17, 15) is 18.0 Å². The normalized spacial score (nSPS) is 11.2. The fourth-order valence-corrected chi connectivity index (χ4v) is 0.190. The third-order valence-corrected chi connectivity index (χ3v) is 0.547. The number of nitrogens with one attached hydrogen (secondary N) is 1. The number of alkyl halides is 3. The maximum atomic E-state index is 11.2. The van der Waals surface area contributed by atoms with Crippen molar-refractivity contribution in [3.05, 3.63) is 5.84 Å². The minimum Gasteiger partial charge on any atom is -0.581 e. The summed E-state index contributed by atoms with van der Waals surface area (Å²) < 4.78 is 33.6. The van der Waals surface area contributed by atoms with Crippen LogP contribution < -0.4 is 0 Å². The standard InChI is InChI=1S/C3H4F3N2O/c1-8(7)2(9)3(4,5)6/h7H,1H3/q-1. The molecular weight excluding hydrogens is 137 g/mol. The van der Waals surface area contributed by atoms with E-state index >= 15 is 0 Å². The van der Waals surface area contributed by atoms with Gasteiger partial charge in [-0.1, -0.05) is 0 Å². The van der Waals surface area contributed by atoms with Gasteiger partial charge >= 0.3 is 12.1 Å². The van der Waals surface area contributed by atoms with Crippen LogP contribution in [-0.4, -0.2) is 24.1 Å². The topological polar surface area (TPSA) is 44.1 Å². The van der Waals surface area contributed by atoms with Gasteiger partial charge in [0.25, 0.3) is 0 Å². The summed E-state index contributed by atoms with van der Waals surface area (Å²) in [5.74, 6) is 4.04. The Kier molecular flexibility index (Phi) is 2.03. The van der Waals surface area contributed by atoms with Gasteiger partial charge in [0, 0.05) is 0 Å². The molecule has 0 aromatic heterocycles. The molecule has 9 heavy (non-hydrogen) atoms. The fourth-order valence-electron chi connectivity index (χ4n) is 0.190. The summed E-state index contributed by atoms with van der Waals surface area (Å²) in [6, 6.07) is 0. The van der Waals surface area contributed by atoms with Crippen LogP contribution in [0.1, 0.15) is 0 Å². The Labute approximate surface area is 49.2 Å². The SMILES string of the molecule is CN([NH-])C(=O)C(F)(F)F. The zero-order chi connectivity index (χ0) is 7.65. The number of hydrogen-bond donors (Lipinski definition) is 0. The van der Waals surface area contributed by atoms with E-state index in [2.05, 4.69) is 0 Å². The first-order valence-electron chi connectivity index (χ1n) is 1.92. The number of halogens is 3. The van der Waals surface area contributed by atoms with Gasteiger partial charge in [-0.05, 0) is 7.05 Å². The van der Waals surface area contributed by atoms with E-state index in [-0.39, 0.29) is 5.01 Å². The molecule has 1 N–H and O–H groups in total. The second kappa shape index (κ2) is 2.22. The van der Waals surface area contributed by atoms with Crippen LogP contribution in [0.15, 0.2) is 0 Å². The maximum absolute atomic E-state index is 11.2. The van der Waals surface area contributed by atoms with Gasteiger partial charge in [-0.2, -0.15) is 13.2 Å². The van der Waals surface area contributed by atoms with Gasteiger partial charge in [-0.15, -0.1) is 0 Å². The van der Waals surface area contributed by atoms with E-state index in [1.807, 2.05) is 0 Å². The van der Waals surface area contributed by atoms with Crippen molar-refractivity contribution in [3.8, 4) is 0 Å². The molecule has 0 aromatic carbocycles. The van der Waals surface area contributed by atoms with Crippen LogP contribution in [0, 0.1) is 0 Å². The molecule has 0 saturated carbocycles. The molecule has 0 spiro atoms. The van der Waals surface area contributed by atoms with E-state index in [1.165, 1.54) is 0 Å². The summed E-state index contributed by atoms with van der Waals surface area (Å²) in [5.41, 5.74) is 0.